The normalized spacial score (nSPS) is 8.60. The van der Waals surface area contributed by atoms with Crippen LogP contribution in [0.15, 0.2) is 12.2 Å². The third-order valence-electron chi connectivity index (χ3n) is 0.844. The molecule has 0 aliphatic rings. The molecule has 0 N–H and O–H groups in total. The molecule has 0 aromatic heterocycles. The van der Waals surface area contributed by atoms with E-state index in [0.29, 0.717) is 0 Å². The predicted octanol–water partition coefficient (Wildman–Crippen LogP) is 1.04. The van der Waals surface area contributed by atoms with E-state index in [1.807, 2.05) is 0 Å². The van der Waals surface area contributed by atoms with Crippen molar-refractivity contribution in [2.45, 2.75) is 20.3 Å². The summed E-state index contributed by atoms with van der Waals surface area (Å²) in [5.41, 5.74) is 0.238. The van der Waals surface area contributed by atoms with Crippen LogP contribution in [0.3, 0.4) is 0 Å². The van der Waals surface area contributed by atoms with Crippen LogP contribution in [0.25, 0.3) is 0 Å². The molecule has 0 bridgehead atoms. The largest absolute Gasteiger partial charge is 0.390 e. The van der Waals surface area contributed by atoms with Crippen molar-refractivity contribution in [3.05, 3.63) is 12.2 Å². The quantitative estimate of drug-likeness (QED) is 0.328. The highest BCUT2D eigenvalue weighted by atomic mass is 16.6. The van der Waals surface area contributed by atoms with Gasteiger partial charge in [0.05, 0.1) is 0 Å². The molecule has 0 atom stereocenters. The monoisotopic (exact) mass is 142 g/mol. The van der Waals surface area contributed by atoms with Gasteiger partial charge in [-0.3, -0.25) is 4.79 Å². The summed E-state index contributed by atoms with van der Waals surface area (Å²) in [7, 11) is 0. The molecule has 0 aliphatic heterocycles. The highest BCUT2D eigenvalue weighted by Gasteiger charge is 2.07. The number of hydrogen-bond acceptors (Lipinski definition) is 3. The second-order valence-corrected chi connectivity index (χ2v) is 1.90. The summed E-state index contributed by atoms with van der Waals surface area (Å²) >= 11 is 0. The third kappa shape index (κ3) is 3.02. The Balaban J connectivity index is 3.80. The van der Waals surface area contributed by atoms with Crippen LogP contribution in [-0.4, -0.2) is 11.9 Å². The fourth-order valence-electron chi connectivity index (χ4n) is 0.263. The second-order valence-electron chi connectivity index (χ2n) is 1.90. The molecular formula is C7H10O3. The molecule has 0 unspecified atom stereocenters. The predicted molar refractivity (Wildman–Crippen MR) is 36.2 cm³/mol. The first kappa shape index (κ1) is 8.88. The first-order chi connectivity index (χ1) is 4.57. The van der Waals surface area contributed by atoms with Gasteiger partial charge >= 0.3 is 11.9 Å². The maximum absolute atomic E-state index is 10.6. The van der Waals surface area contributed by atoms with E-state index >= 15 is 0 Å². The van der Waals surface area contributed by atoms with Crippen molar-refractivity contribution in [3.63, 3.8) is 0 Å². The zero-order chi connectivity index (χ0) is 8.15. The van der Waals surface area contributed by atoms with Crippen LogP contribution >= 0.6 is 0 Å². The lowest BCUT2D eigenvalue weighted by atomic mass is 10.4. The fourth-order valence-corrected chi connectivity index (χ4v) is 0.263. The molecule has 0 fully saturated rings. The number of carbonyl (C=O) groups excluding carboxylic acids is 2. The van der Waals surface area contributed by atoms with Crippen molar-refractivity contribution < 1.29 is 14.3 Å². The summed E-state index contributed by atoms with van der Waals surface area (Å²) in [6.07, 6.45) is 0.207. The zero-order valence-electron chi connectivity index (χ0n) is 6.14. The lowest BCUT2D eigenvalue weighted by Gasteiger charge is -1.97. The van der Waals surface area contributed by atoms with Gasteiger partial charge in [0.1, 0.15) is 0 Å². The Morgan fingerprint density at radius 3 is 2.30 bits per heavy atom. The summed E-state index contributed by atoms with van der Waals surface area (Å²) in [6, 6.07) is 0. The highest BCUT2D eigenvalue weighted by molar-refractivity contribution is 5.95. The maximum Gasteiger partial charge on any atom is 0.340 e. The van der Waals surface area contributed by atoms with Crippen LogP contribution in [-0.2, 0) is 14.3 Å². The molecular weight excluding hydrogens is 132 g/mol. The van der Waals surface area contributed by atoms with E-state index < -0.39 is 11.9 Å². The Labute approximate surface area is 59.7 Å². The van der Waals surface area contributed by atoms with E-state index in [1.165, 1.54) is 6.92 Å². The van der Waals surface area contributed by atoms with Crippen molar-refractivity contribution in [2.24, 2.45) is 0 Å². The van der Waals surface area contributed by atoms with Crippen molar-refractivity contribution in [1.29, 1.82) is 0 Å². The molecule has 3 heteroatoms. The van der Waals surface area contributed by atoms with Gasteiger partial charge in [0, 0.05) is 12.0 Å². The molecule has 0 radical (unpaired) electrons. The van der Waals surface area contributed by atoms with Crippen LogP contribution < -0.4 is 0 Å². The van der Waals surface area contributed by atoms with Gasteiger partial charge in [0.2, 0.25) is 0 Å². The molecule has 0 aliphatic carbocycles. The SMILES string of the molecule is C=C(C)C(=O)OC(=O)CC. The Morgan fingerprint density at radius 2 is 2.00 bits per heavy atom. The summed E-state index contributed by atoms with van der Waals surface area (Å²) in [4.78, 5) is 21.0. The Bertz CT molecular complexity index is 170. The number of hydrogen-bond donors (Lipinski definition) is 0. The van der Waals surface area contributed by atoms with E-state index in [0.717, 1.165) is 0 Å². The summed E-state index contributed by atoms with van der Waals surface area (Å²) < 4.78 is 4.28. The standard InChI is InChI=1S/C7H10O3/c1-4-6(8)10-7(9)5(2)3/h2,4H2,1,3H3. The van der Waals surface area contributed by atoms with Crippen LogP contribution in [0.4, 0.5) is 0 Å². The van der Waals surface area contributed by atoms with Gasteiger partial charge in [-0.05, 0) is 6.92 Å². The van der Waals surface area contributed by atoms with Gasteiger partial charge in [0.15, 0.2) is 0 Å². The van der Waals surface area contributed by atoms with Gasteiger partial charge in [-0.2, -0.15) is 0 Å². The molecule has 0 rings (SSSR count). The molecule has 3 nitrogen and oxygen atoms in total. The van der Waals surface area contributed by atoms with Crippen LogP contribution in [0.1, 0.15) is 20.3 Å². The van der Waals surface area contributed by atoms with Gasteiger partial charge in [-0.15, -0.1) is 0 Å². The van der Waals surface area contributed by atoms with Gasteiger partial charge in [-0.25, -0.2) is 4.79 Å². The fraction of sp³-hybridized carbons (Fsp3) is 0.429. The topological polar surface area (TPSA) is 43.4 Å². The van der Waals surface area contributed by atoms with Crippen LogP contribution in [0.2, 0.25) is 0 Å². The van der Waals surface area contributed by atoms with E-state index in [9.17, 15) is 9.59 Å². The molecule has 0 saturated carbocycles. The number of esters is 2. The molecule has 0 amide bonds. The van der Waals surface area contributed by atoms with E-state index in [4.69, 9.17) is 0 Å². The zero-order valence-corrected chi connectivity index (χ0v) is 6.14. The van der Waals surface area contributed by atoms with Crippen LogP contribution in [0.5, 0.6) is 0 Å². The first-order valence-electron chi connectivity index (χ1n) is 2.98. The second kappa shape index (κ2) is 3.82. The third-order valence-corrected chi connectivity index (χ3v) is 0.844. The molecule has 0 aromatic carbocycles. The molecule has 0 aromatic rings. The lowest BCUT2D eigenvalue weighted by molar-refractivity contribution is -0.156. The molecule has 0 spiro atoms. The molecule has 56 valence electrons. The Hall–Kier alpha value is -1.12. The summed E-state index contributed by atoms with van der Waals surface area (Å²) in [5.74, 6) is -1.17. The number of rotatable bonds is 2. The first-order valence-corrected chi connectivity index (χ1v) is 2.98. The van der Waals surface area contributed by atoms with E-state index in [2.05, 4.69) is 11.3 Å². The number of ether oxygens (including phenoxy) is 1. The Kier molecular flexibility index (Phi) is 3.39. The lowest BCUT2D eigenvalue weighted by Crippen LogP contribution is -2.11. The maximum atomic E-state index is 10.6. The molecule has 0 heterocycles. The summed E-state index contributed by atoms with van der Waals surface area (Å²) in [5, 5.41) is 0. The van der Waals surface area contributed by atoms with Gasteiger partial charge < -0.3 is 4.74 Å². The van der Waals surface area contributed by atoms with Gasteiger partial charge in [0.25, 0.3) is 0 Å². The minimum Gasteiger partial charge on any atom is -0.390 e. The van der Waals surface area contributed by atoms with Gasteiger partial charge in [-0.1, -0.05) is 13.5 Å². The van der Waals surface area contributed by atoms with E-state index in [-0.39, 0.29) is 12.0 Å². The Morgan fingerprint density at radius 1 is 1.50 bits per heavy atom. The average molecular weight is 142 g/mol. The minimum atomic E-state index is -0.646. The minimum absolute atomic E-state index is 0.207. The van der Waals surface area contributed by atoms with Crippen molar-refractivity contribution in [2.75, 3.05) is 0 Å². The molecule has 0 saturated heterocycles. The number of carbonyl (C=O) groups is 2. The van der Waals surface area contributed by atoms with Crippen molar-refractivity contribution >= 4 is 11.9 Å². The summed E-state index contributed by atoms with van der Waals surface area (Å²) in [6.45, 7) is 6.43. The van der Waals surface area contributed by atoms with Crippen molar-refractivity contribution in [3.8, 4) is 0 Å². The smallest absolute Gasteiger partial charge is 0.340 e. The van der Waals surface area contributed by atoms with E-state index in [1.54, 1.807) is 6.92 Å². The highest BCUT2D eigenvalue weighted by Crippen LogP contribution is 1.93. The average Bonchev–Trinajstić information content (AvgIpc) is 1.87. The van der Waals surface area contributed by atoms with Crippen LogP contribution in [0, 0.1) is 0 Å². The van der Waals surface area contributed by atoms with Crippen molar-refractivity contribution in [1.82, 2.24) is 0 Å². The molecule has 10 heavy (non-hydrogen) atoms.